The molecule has 0 spiro atoms. The summed E-state index contributed by atoms with van der Waals surface area (Å²) in [5, 5.41) is 6.57. The standard InChI is InChI=1S/C15H25N3O.HI/c1-5-19-14-9-7-6-8-13(14)10-11-17-15(16-4)18-12(2)3;/h6-9,12H,5,10-11H2,1-4H3,(H2,16,17,18);1H. The Hall–Kier alpha value is -0.980. The average Bonchev–Trinajstić information content (AvgIpc) is 2.39. The Morgan fingerprint density at radius 1 is 1.30 bits per heavy atom. The van der Waals surface area contributed by atoms with Crippen LogP contribution in [0.25, 0.3) is 0 Å². The molecule has 5 heteroatoms. The summed E-state index contributed by atoms with van der Waals surface area (Å²) in [6.07, 6.45) is 0.912. The van der Waals surface area contributed by atoms with Gasteiger partial charge in [-0.2, -0.15) is 0 Å². The number of guanidine groups is 1. The van der Waals surface area contributed by atoms with Crippen molar-refractivity contribution in [1.82, 2.24) is 10.6 Å². The fourth-order valence-corrected chi connectivity index (χ4v) is 1.79. The Balaban J connectivity index is 0.00000361. The molecule has 0 heterocycles. The van der Waals surface area contributed by atoms with Crippen LogP contribution >= 0.6 is 24.0 Å². The van der Waals surface area contributed by atoms with Crippen LogP contribution in [0.5, 0.6) is 5.75 Å². The van der Waals surface area contributed by atoms with E-state index in [0.717, 1.165) is 24.7 Å². The van der Waals surface area contributed by atoms with Gasteiger partial charge in [0, 0.05) is 19.6 Å². The van der Waals surface area contributed by atoms with Crippen LogP contribution in [0.3, 0.4) is 0 Å². The minimum atomic E-state index is 0. The van der Waals surface area contributed by atoms with Crippen LogP contribution in [-0.2, 0) is 6.42 Å². The van der Waals surface area contributed by atoms with E-state index in [1.807, 2.05) is 25.1 Å². The number of nitrogens with zero attached hydrogens (tertiary/aromatic N) is 1. The van der Waals surface area contributed by atoms with Crippen LogP contribution < -0.4 is 15.4 Å². The molecule has 1 rings (SSSR count). The van der Waals surface area contributed by atoms with Gasteiger partial charge in [-0.25, -0.2) is 0 Å². The molecule has 0 bridgehead atoms. The summed E-state index contributed by atoms with van der Waals surface area (Å²) in [6.45, 7) is 7.72. The zero-order chi connectivity index (χ0) is 14.1. The molecule has 0 aromatic heterocycles. The van der Waals surface area contributed by atoms with E-state index < -0.39 is 0 Å². The number of nitrogens with one attached hydrogen (secondary N) is 2. The van der Waals surface area contributed by atoms with E-state index in [-0.39, 0.29) is 24.0 Å². The van der Waals surface area contributed by atoms with Crippen LogP contribution in [0.4, 0.5) is 0 Å². The van der Waals surface area contributed by atoms with Crippen molar-refractivity contribution >= 4 is 29.9 Å². The fraction of sp³-hybridized carbons (Fsp3) is 0.533. The molecular formula is C15H26IN3O. The Bertz CT molecular complexity index is 408. The third-order valence-corrected chi connectivity index (χ3v) is 2.61. The van der Waals surface area contributed by atoms with Gasteiger partial charge in [-0.15, -0.1) is 24.0 Å². The molecule has 2 N–H and O–H groups in total. The van der Waals surface area contributed by atoms with E-state index in [2.05, 4.69) is 35.5 Å². The third-order valence-electron chi connectivity index (χ3n) is 2.61. The Labute approximate surface area is 139 Å². The van der Waals surface area contributed by atoms with Gasteiger partial charge in [-0.3, -0.25) is 4.99 Å². The van der Waals surface area contributed by atoms with Crippen LogP contribution in [0.2, 0.25) is 0 Å². The van der Waals surface area contributed by atoms with E-state index in [9.17, 15) is 0 Å². The van der Waals surface area contributed by atoms with Gasteiger partial charge >= 0.3 is 0 Å². The molecule has 114 valence electrons. The molecule has 0 saturated heterocycles. The van der Waals surface area contributed by atoms with Crippen molar-refractivity contribution in [2.24, 2.45) is 4.99 Å². The van der Waals surface area contributed by atoms with Crippen molar-refractivity contribution in [3.05, 3.63) is 29.8 Å². The lowest BCUT2D eigenvalue weighted by atomic mass is 10.1. The van der Waals surface area contributed by atoms with Gasteiger partial charge in [0.25, 0.3) is 0 Å². The Morgan fingerprint density at radius 3 is 2.60 bits per heavy atom. The van der Waals surface area contributed by atoms with E-state index in [0.29, 0.717) is 12.6 Å². The second-order valence-electron chi connectivity index (χ2n) is 4.59. The van der Waals surface area contributed by atoms with Crippen LogP contribution in [0, 0.1) is 0 Å². The maximum Gasteiger partial charge on any atom is 0.191 e. The van der Waals surface area contributed by atoms with Crippen molar-refractivity contribution in [3.63, 3.8) is 0 Å². The number of hydrogen-bond acceptors (Lipinski definition) is 2. The van der Waals surface area contributed by atoms with Gasteiger partial charge in [0.1, 0.15) is 5.75 Å². The smallest absolute Gasteiger partial charge is 0.191 e. The van der Waals surface area contributed by atoms with Crippen molar-refractivity contribution in [3.8, 4) is 5.75 Å². The Morgan fingerprint density at radius 2 is 2.00 bits per heavy atom. The molecule has 1 aromatic carbocycles. The fourth-order valence-electron chi connectivity index (χ4n) is 1.79. The molecule has 0 radical (unpaired) electrons. The quantitative estimate of drug-likeness (QED) is 0.446. The summed E-state index contributed by atoms with van der Waals surface area (Å²) in [4.78, 5) is 4.18. The van der Waals surface area contributed by atoms with E-state index in [4.69, 9.17) is 4.74 Å². The number of hydrogen-bond donors (Lipinski definition) is 2. The van der Waals surface area contributed by atoms with Crippen molar-refractivity contribution < 1.29 is 4.74 Å². The second-order valence-corrected chi connectivity index (χ2v) is 4.59. The summed E-state index contributed by atoms with van der Waals surface area (Å²) in [5.74, 6) is 1.81. The molecule has 0 fully saturated rings. The van der Waals surface area contributed by atoms with Crippen molar-refractivity contribution in [2.45, 2.75) is 33.2 Å². The SMILES string of the molecule is CCOc1ccccc1CCNC(=NC)NC(C)C.I. The van der Waals surface area contributed by atoms with Gasteiger partial charge in [-0.05, 0) is 38.8 Å². The number of aliphatic imine (C=N–C) groups is 1. The van der Waals surface area contributed by atoms with Crippen LogP contribution in [0.15, 0.2) is 29.3 Å². The molecule has 0 saturated carbocycles. The van der Waals surface area contributed by atoms with E-state index >= 15 is 0 Å². The van der Waals surface area contributed by atoms with Gasteiger partial charge in [-0.1, -0.05) is 18.2 Å². The van der Waals surface area contributed by atoms with E-state index in [1.165, 1.54) is 5.56 Å². The normalized spacial score (nSPS) is 10.9. The first kappa shape index (κ1) is 19.0. The largest absolute Gasteiger partial charge is 0.494 e. The highest BCUT2D eigenvalue weighted by Crippen LogP contribution is 2.17. The maximum atomic E-state index is 5.61. The zero-order valence-corrected chi connectivity index (χ0v) is 15.1. The third kappa shape index (κ3) is 6.98. The molecule has 0 aliphatic heterocycles. The predicted octanol–water partition coefficient (Wildman–Crippen LogP) is 2.82. The minimum absolute atomic E-state index is 0. The maximum absolute atomic E-state index is 5.61. The number of benzene rings is 1. The molecule has 20 heavy (non-hydrogen) atoms. The van der Waals surface area contributed by atoms with Crippen LogP contribution in [0.1, 0.15) is 26.3 Å². The first-order valence-corrected chi connectivity index (χ1v) is 6.85. The number of para-hydroxylation sites is 1. The first-order chi connectivity index (χ1) is 9.17. The lowest BCUT2D eigenvalue weighted by Crippen LogP contribution is -2.41. The molecule has 4 nitrogen and oxygen atoms in total. The van der Waals surface area contributed by atoms with Gasteiger partial charge in [0.15, 0.2) is 5.96 Å². The number of ether oxygens (including phenoxy) is 1. The highest BCUT2D eigenvalue weighted by atomic mass is 127. The van der Waals surface area contributed by atoms with Crippen LogP contribution in [-0.4, -0.2) is 32.2 Å². The molecule has 0 unspecified atom stereocenters. The summed E-state index contributed by atoms with van der Waals surface area (Å²) >= 11 is 0. The summed E-state index contributed by atoms with van der Waals surface area (Å²) < 4.78 is 5.61. The molecular weight excluding hydrogens is 365 g/mol. The summed E-state index contributed by atoms with van der Waals surface area (Å²) in [7, 11) is 1.78. The molecule has 0 aliphatic carbocycles. The predicted molar refractivity (Wildman–Crippen MR) is 96.4 cm³/mol. The lowest BCUT2D eigenvalue weighted by Gasteiger charge is -2.15. The zero-order valence-electron chi connectivity index (χ0n) is 12.8. The highest BCUT2D eigenvalue weighted by Gasteiger charge is 2.03. The Kier molecular flexibility index (Phi) is 10.2. The van der Waals surface area contributed by atoms with E-state index in [1.54, 1.807) is 7.05 Å². The molecule has 0 amide bonds. The lowest BCUT2D eigenvalue weighted by molar-refractivity contribution is 0.336. The van der Waals surface area contributed by atoms with Gasteiger partial charge < -0.3 is 15.4 Å². The minimum Gasteiger partial charge on any atom is -0.494 e. The van der Waals surface area contributed by atoms with Crippen molar-refractivity contribution in [1.29, 1.82) is 0 Å². The van der Waals surface area contributed by atoms with Gasteiger partial charge in [0.05, 0.1) is 6.61 Å². The van der Waals surface area contributed by atoms with Crippen molar-refractivity contribution in [2.75, 3.05) is 20.2 Å². The first-order valence-electron chi connectivity index (χ1n) is 6.85. The average molecular weight is 391 g/mol. The number of halogens is 1. The second kappa shape index (κ2) is 10.8. The topological polar surface area (TPSA) is 45.6 Å². The summed E-state index contributed by atoms with van der Waals surface area (Å²) in [6, 6.07) is 8.54. The molecule has 0 aliphatic rings. The highest BCUT2D eigenvalue weighted by molar-refractivity contribution is 14.0. The molecule has 1 aromatic rings. The van der Waals surface area contributed by atoms with Gasteiger partial charge in [0.2, 0.25) is 0 Å². The molecule has 0 atom stereocenters. The monoisotopic (exact) mass is 391 g/mol. The number of rotatable bonds is 6. The summed E-state index contributed by atoms with van der Waals surface area (Å²) in [5.41, 5.74) is 1.22.